The Morgan fingerprint density at radius 3 is 2.52 bits per heavy atom. The summed E-state index contributed by atoms with van der Waals surface area (Å²) >= 11 is 0. The average Bonchev–Trinajstić information content (AvgIpc) is 3.17. The molecule has 0 atom stereocenters. The molecule has 1 N–H and O–H groups in total. The first-order chi connectivity index (χ1) is 13.0. The summed E-state index contributed by atoms with van der Waals surface area (Å²) in [6.45, 7) is 0.567. The van der Waals surface area contributed by atoms with E-state index < -0.39 is 12.1 Å². The Balaban J connectivity index is 1.45. The molecule has 2 heterocycles. The first kappa shape index (κ1) is 17.0. The quantitative estimate of drug-likeness (QED) is 0.553. The van der Waals surface area contributed by atoms with Gasteiger partial charge in [0, 0.05) is 29.4 Å². The molecule has 0 amide bonds. The van der Waals surface area contributed by atoms with Crippen LogP contribution in [0, 0.1) is 0 Å². The molecule has 0 fully saturated rings. The van der Waals surface area contributed by atoms with Crippen molar-refractivity contribution in [3.8, 4) is 11.4 Å². The van der Waals surface area contributed by atoms with Crippen LogP contribution in [0.2, 0.25) is 0 Å². The highest BCUT2D eigenvalue weighted by Gasteiger charge is 2.38. The summed E-state index contributed by atoms with van der Waals surface area (Å²) in [5.74, 6) is -1.46. The van der Waals surface area contributed by atoms with Crippen LogP contribution in [0.15, 0.2) is 65.3 Å². The van der Waals surface area contributed by atoms with E-state index in [1.54, 1.807) is 24.3 Å². The zero-order valence-corrected chi connectivity index (χ0v) is 13.9. The number of pyridine rings is 1. The van der Waals surface area contributed by atoms with Crippen LogP contribution >= 0.6 is 0 Å². The number of anilines is 1. The summed E-state index contributed by atoms with van der Waals surface area (Å²) in [7, 11) is 0. The lowest BCUT2D eigenvalue weighted by Gasteiger charge is -2.07. The summed E-state index contributed by atoms with van der Waals surface area (Å²) in [6.07, 6.45) is -2.84. The number of hydrogen-bond acceptors (Lipinski definition) is 5. The van der Waals surface area contributed by atoms with E-state index >= 15 is 0 Å². The van der Waals surface area contributed by atoms with Crippen LogP contribution in [0.1, 0.15) is 11.5 Å². The number of hydrogen-bond donors (Lipinski definition) is 1. The van der Waals surface area contributed by atoms with Gasteiger partial charge in [-0.1, -0.05) is 23.4 Å². The third-order valence-corrected chi connectivity index (χ3v) is 3.96. The number of rotatable bonds is 4. The molecule has 0 unspecified atom stereocenters. The Morgan fingerprint density at radius 1 is 1.00 bits per heavy atom. The van der Waals surface area contributed by atoms with Gasteiger partial charge in [0.15, 0.2) is 0 Å². The number of alkyl halides is 3. The smallest absolute Gasteiger partial charge is 0.381 e. The maximum atomic E-state index is 12.5. The maximum Gasteiger partial charge on any atom is 0.471 e. The monoisotopic (exact) mass is 370 g/mol. The van der Waals surface area contributed by atoms with E-state index in [-0.39, 0.29) is 5.82 Å². The van der Waals surface area contributed by atoms with Crippen molar-refractivity contribution in [1.29, 1.82) is 0 Å². The molecule has 0 aliphatic carbocycles. The SMILES string of the molecule is FC(F)(F)c1nc(-c2ccc(NCc3cnc4ccccc4c3)cc2)no1. The van der Waals surface area contributed by atoms with Gasteiger partial charge in [-0.05, 0) is 42.0 Å². The van der Waals surface area contributed by atoms with Crippen LogP contribution in [0.4, 0.5) is 18.9 Å². The molecule has 27 heavy (non-hydrogen) atoms. The lowest BCUT2D eigenvalue weighted by Crippen LogP contribution is -2.04. The van der Waals surface area contributed by atoms with Crippen LogP contribution < -0.4 is 5.32 Å². The Bertz CT molecular complexity index is 1070. The van der Waals surface area contributed by atoms with E-state index in [4.69, 9.17) is 0 Å². The second kappa shape index (κ2) is 6.71. The van der Waals surface area contributed by atoms with Crippen molar-refractivity contribution in [2.24, 2.45) is 0 Å². The third-order valence-electron chi connectivity index (χ3n) is 3.96. The van der Waals surface area contributed by atoms with Crippen molar-refractivity contribution >= 4 is 16.6 Å². The fourth-order valence-electron chi connectivity index (χ4n) is 2.61. The van der Waals surface area contributed by atoms with Gasteiger partial charge in [-0.25, -0.2) is 0 Å². The highest BCUT2D eigenvalue weighted by atomic mass is 19.4. The Kier molecular flexibility index (Phi) is 4.23. The van der Waals surface area contributed by atoms with E-state index in [9.17, 15) is 13.2 Å². The molecule has 2 aromatic carbocycles. The van der Waals surface area contributed by atoms with E-state index in [0.29, 0.717) is 12.1 Å². The van der Waals surface area contributed by atoms with Gasteiger partial charge >= 0.3 is 12.1 Å². The van der Waals surface area contributed by atoms with Crippen molar-refractivity contribution in [2.75, 3.05) is 5.32 Å². The molecule has 0 bridgehead atoms. The van der Waals surface area contributed by atoms with Crippen LogP contribution in [-0.4, -0.2) is 15.1 Å². The molecule has 5 nitrogen and oxygen atoms in total. The molecule has 2 aromatic heterocycles. The molecule has 0 aliphatic rings. The number of nitrogens with zero attached hydrogens (tertiary/aromatic N) is 3. The Labute approximate surface area is 151 Å². The van der Waals surface area contributed by atoms with Crippen LogP contribution in [0.3, 0.4) is 0 Å². The van der Waals surface area contributed by atoms with Crippen molar-refractivity contribution < 1.29 is 17.7 Å². The van der Waals surface area contributed by atoms with E-state index in [1.165, 1.54) is 0 Å². The first-order valence-electron chi connectivity index (χ1n) is 8.08. The maximum absolute atomic E-state index is 12.5. The fourth-order valence-corrected chi connectivity index (χ4v) is 2.61. The van der Waals surface area contributed by atoms with Gasteiger partial charge < -0.3 is 9.84 Å². The normalized spacial score (nSPS) is 11.7. The second-order valence-electron chi connectivity index (χ2n) is 5.89. The standard InChI is InChI=1S/C19H13F3N4O/c20-19(21,22)18-25-17(26-27-18)13-5-7-15(8-6-13)23-10-12-9-14-3-1-2-4-16(14)24-11-12/h1-9,11,23H,10H2. The lowest BCUT2D eigenvalue weighted by molar-refractivity contribution is -0.159. The van der Waals surface area contributed by atoms with Crippen LogP contribution in [0.25, 0.3) is 22.3 Å². The largest absolute Gasteiger partial charge is 0.471 e. The summed E-state index contributed by atoms with van der Waals surface area (Å²) in [4.78, 5) is 7.78. The summed E-state index contributed by atoms with van der Waals surface area (Å²) in [5, 5.41) is 7.68. The Morgan fingerprint density at radius 2 is 1.78 bits per heavy atom. The van der Waals surface area contributed by atoms with Gasteiger partial charge in [-0.15, -0.1) is 0 Å². The second-order valence-corrected chi connectivity index (χ2v) is 5.89. The number of halogens is 3. The summed E-state index contributed by atoms with van der Waals surface area (Å²) < 4.78 is 41.8. The number of fused-ring (bicyclic) bond motifs is 1. The van der Waals surface area contributed by atoms with Crippen molar-refractivity contribution in [2.45, 2.75) is 12.7 Å². The van der Waals surface area contributed by atoms with E-state index in [2.05, 4.69) is 31.0 Å². The topological polar surface area (TPSA) is 63.8 Å². The number of benzene rings is 2. The highest BCUT2D eigenvalue weighted by molar-refractivity contribution is 5.78. The molecular formula is C19H13F3N4O. The van der Waals surface area contributed by atoms with Gasteiger partial charge in [-0.3, -0.25) is 4.98 Å². The number of nitrogens with one attached hydrogen (secondary N) is 1. The minimum atomic E-state index is -4.65. The zero-order valence-electron chi connectivity index (χ0n) is 13.9. The highest BCUT2D eigenvalue weighted by Crippen LogP contribution is 2.29. The van der Waals surface area contributed by atoms with E-state index in [0.717, 1.165) is 22.2 Å². The van der Waals surface area contributed by atoms with Gasteiger partial charge in [0.25, 0.3) is 0 Å². The predicted octanol–water partition coefficient (Wildman–Crippen LogP) is 4.92. The number of aromatic nitrogens is 3. The molecule has 4 aromatic rings. The number of para-hydroxylation sites is 1. The van der Waals surface area contributed by atoms with Gasteiger partial charge in [0.1, 0.15) is 0 Å². The molecule has 0 saturated carbocycles. The average molecular weight is 370 g/mol. The van der Waals surface area contributed by atoms with Gasteiger partial charge in [-0.2, -0.15) is 18.2 Å². The van der Waals surface area contributed by atoms with Gasteiger partial charge in [0.2, 0.25) is 5.82 Å². The first-order valence-corrected chi connectivity index (χ1v) is 8.08. The lowest BCUT2D eigenvalue weighted by atomic mass is 10.1. The molecule has 0 saturated heterocycles. The van der Waals surface area contributed by atoms with E-state index in [1.807, 2.05) is 30.5 Å². The fraction of sp³-hybridized carbons (Fsp3) is 0.105. The zero-order chi connectivity index (χ0) is 18.9. The van der Waals surface area contributed by atoms with Crippen LogP contribution in [0.5, 0.6) is 0 Å². The Hall–Kier alpha value is -3.42. The molecule has 136 valence electrons. The van der Waals surface area contributed by atoms with Crippen molar-refractivity contribution in [3.63, 3.8) is 0 Å². The molecule has 0 spiro atoms. The molecule has 0 aliphatic heterocycles. The summed E-state index contributed by atoms with van der Waals surface area (Å²) in [6, 6.07) is 16.7. The summed E-state index contributed by atoms with van der Waals surface area (Å²) in [5.41, 5.74) is 3.20. The molecular weight excluding hydrogens is 357 g/mol. The van der Waals surface area contributed by atoms with Crippen LogP contribution in [-0.2, 0) is 12.7 Å². The van der Waals surface area contributed by atoms with Crippen molar-refractivity contribution in [1.82, 2.24) is 15.1 Å². The molecule has 4 rings (SSSR count). The van der Waals surface area contributed by atoms with Crippen molar-refractivity contribution in [3.05, 3.63) is 72.2 Å². The minimum absolute atomic E-state index is 0.104. The molecule has 0 radical (unpaired) electrons. The third kappa shape index (κ3) is 3.74. The minimum Gasteiger partial charge on any atom is -0.381 e. The predicted molar refractivity (Wildman–Crippen MR) is 93.8 cm³/mol. The molecule has 8 heteroatoms. The van der Waals surface area contributed by atoms with Gasteiger partial charge in [0.05, 0.1) is 5.52 Å².